The maximum Gasteiger partial charge on any atom is 0.0575 e. The average Bonchev–Trinajstić information content (AvgIpc) is 2.39. The van der Waals surface area contributed by atoms with Gasteiger partial charge in [0.05, 0.1) is 12.7 Å². The number of hydrogen-bond donors (Lipinski definition) is 1. The van der Waals surface area contributed by atoms with E-state index in [1.807, 2.05) is 0 Å². The van der Waals surface area contributed by atoms with Crippen LogP contribution in [0.5, 0.6) is 0 Å². The molecule has 0 unspecified atom stereocenters. The van der Waals surface area contributed by atoms with Gasteiger partial charge in [0, 0.05) is 5.41 Å². The van der Waals surface area contributed by atoms with Crippen LogP contribution in [-0.4, -0.2) is 18.5 Å². The highest BCUT2D eigenvalue weighted by Gasteiger charge is 2.32. The van der Waals surface area contributed by atoms with Gasteiger partial charge in [0.15, 0.2) is 0 Å². The quantitative estimate of drug-likeness (QED) is 0.726. The van der Waals surface area contributed by atoms with Crippen LogP contribution in [0.25, 0.3) is 0 Å². The second kappa shape index (κ2) is 6.30. The van der Waals surface area contributed by atoms with Crippen LogP contribution in [0.15, 0.2) is 0 Å². The largest absolute Gasteiger partial charge is 0.378 e. The summed E-state index contributed by atoms with van der Waals surface area (Å²) in [6.07, 6.45) is 14.2. The molecule has 2 aliphatic rings. The van der Waals surface area contributed by atoms with E-state index in [4.69, 9.17) is 4.74 Å². The molecule has 0 amide bonds. The summed E-state index contributed by atoms with van der Waals surface area (Å²) in [6.45, 7) is 0.973. The first-order chi connectivity index (χ1) is 7.85. The predicted molar refractivity (Wildman–Crippen MR) is 72.2 cm³/mol. The number of thiol groups is 1. The summed E-state index contributed by atoms with van der Waals surface area (Å²) in [5.74, 6) is 1.01. The molecule has 0 atom stereocenters. The fourth-order valence-corrected chi connectivity index (χ4v) is 3.58. The molecule has 2 heteroatoms. The van der Waals surface area contributed by atoms with Crippen molar-refractivity contribution in [1.82, 2.24) is 0 Å². The highest BCUT2D eigenvalue weighted by atomic mass is 32.1. The molecule has 2 fully saturated rings. The minimum absolute atomic E-state index is 0.415. The Bertz CT molecular complexity index is 193. The molecule has 0 spiro atoms. The van der Waals surface area contributed by atoms with Gasteiger partial charge in [-0.3, -0.25) is 0 Å². The van der Waals surface area contributed by atoms with E-state index in [-0.39, 0.29) is 0 Å². The average molecular weight is 242 g/mol. The van der Waals surface area contributed by atoms with E-state index in [9.17, 15) is 0 Å². The van der Waals surface area contributed by atoms with E-state index >= 15 is 0 Å². The molecule has 16 heavy (non-hydrogen) atoms. The molecule has 0 saturated heterocycles. The van der Waals surface area contributed by atoms with E-state index in [1.54, 1.807) is 0 Å². The molecule has 2 rings (SSSR count). The normalized spacial score (nSPS) is 26.8. The summed E-state index contributed by atoms with van der Waals surface area (Å²) < 4.78 is 6.17. The zero-order valence-corrected chi connectivity index (χ0v) is 11.3. The van der Waals surface area contributed by atoms with Crippen molar-refractivity contribution in [2.24, 2.45) is 5.41 Å². The highest BCUT2D eigenvalue weighted by molar-refractivity contribution is 7.80. The number of ether oxygens (including phenoxy) is 1. The van der Waals surface area contributed by atoms with Gasteiger partial charge in [-0.2, -0.15) is 12.6 Å². The van der Waals surface area contributed by atoms with Crippen LogP contribution in [0.2, 0.25) is 0 Å². The Morgan fingerprint density at radius 1 is 0.938 bits per heavy atom. The summed E-state index contributed by atoms with van der Waals surface area (Å²) >= 11 is 4.57. The Hall–Kier alpha value is 0.310. The van der Waals surface area contributed by atoms with Crippen molar-refractivity contribution in [3.8, 4) is 0 Å². The lowest BCUT2D eigenvalue weighted by Crippen LogP contribution is -2.34. The molecule has 1 nitrogen and oxygen atoms in total. The van der Waals surface area contributed by atoms with Gasteiger partial charge >= 0.3 is 0 Å². The second-order valence-electron chi connectivity index (χ2n) is 5.79. The van der Waals surface area contributed by atoms with Crippen LogP contribution in [0, 0.1) is 5.41 Å². The Morgan fingerprint density at radius 2 is 1.56 bits per heavy atom. The molecule has 0 aromatic rings. The van der Waals surface area contributed by atoms with E-state index in [0.29, 0.717) is 11.5 Å². The number of rotatable bonds is 4. The molecule has 94 valence electrons. The maximum atomic E-state index is 6.17. The fourth-order valence-electron chi connectivity index (χ4n) is 3.18. The van der Waals surface area contributed by atoms with Gasteiger partial charge in [-0.15, -0.1) is 0 Å². The lowest BCUT2D eigenvalue weighted by molar-refractivity contribution is -0.0298. The van der Waals surface area contributed by atoms with Gasteiger partial charge in [0.2, 0.25) is 0 Å². The molecule has 0 radical (unpaired) electrons. The summed E-state index contributed by atoms with van der Waals surface area (Å²) in [5, 5.41) is 0. The van der Waals surface area contributed by atoms with E-state index in [0.717, 1.165) is 12.4 Å². The van der Waals surface area contributed by atoms with Crippen LogP contribution in [0.3, 0.4) is 0 Å². The third kappa shape index (κ3) is 3.40. The topological polar surface area (TPSA) is 9.23 Å². The second-order valence-corrected chi connectivity index (χ2v) is 6.11. The van der Waals surface area contributed by atoms with E-state index in [2.05, 4.69) is 12.6 Å². The fraction of sp³-hybridized carbons (Fsp3) is 1.00. The summed E-state index contributed by atoms with van der Waals surface area (Å²) in [6, 6.07) is 0. The Labute approximate surface area is 106 Å². The molecule has 2 aliphatic carbocycles. The van der Waals surface area contributed by atoms with E-state index in [1.165, 1.54) is 64.2 Å². The summed E-state index contributed by atoms with van der Waals surface area (Å²) in [7, 11) is 0. The Balaban J connectivity index is 1.77. The molecule has 0 aromatic heterocycles. The van der Waals surface area contributed by atoms with Crippen LogP contribution in [0.1, 0.15) is 64.2 Å². The Kier molecular flexibility index (Phi) is 5.02. The predicted octanol–water partition coefficient (Wildman–Crippen LogP) is 4.22. The van der Waals surface area contributed by atoms with Crippen molar-refractivity contribution >= 4 is 12.6 Å². The number of hydrogen-bond acceptors (Lipinski definition) is 2. The Morgan fingerprint density at radius 3 is 2.19 bits per heavy atom. The SMILES string of the molecule is SCC1(COC2CCCCC2)CCCCC1. The van der Waals surface area contributed by atoms with Crippen LogP contribution >= 0.6 is 12.6 Å². The molecule has 2 saturated carbocycles. The minimum atomic E-state index is 0.415. The van der Waals surface area contributed by atoms with Crippen molar-refractivity contribution in [3.05, 3.63) is 0 Å². The maximum absolute atomic E-state index is 6.17. The molecule has 0 heterocycles. The zero-order chi connectivity index (χ0) is 11.3. The van der Waals surface area contributed by atoms with Crippen LogP contribution in [0.4, 0.5) is 0 Å². The van der Waals surface area contributed by atoms with Crippen molar-refractivity contribution in [2.45, 2.75) is 70.3 Å². The van der Waals surface area contributed by atoms with Gasteiger partial charge in [-0.05, 0) is 31.4 Å². The van der Waals surface area contributed by atoms with Crippen molar-refractivity contribution in [3.63, 3.8) is 0 Å². The van der Waals surface area contributed by atoms with Crippen LogP contribution < -0.4 is 0 Å². The lowest BCUT2D eigenvalue weighted by Gasteiger charge is -2.37. The molecular weight excluding hydrogens is 216 g/mol. The van der Waals surface area contributed by atoms with Gasteiger partial charge < -0.3 is 4.74 Å². The molecule has 0 aliphatic heterocycles. The molecule has 0 bridgehead atoms. The summed E-state index contributed by atoms with van der Waals surface area (Å²) in [5.41, 5.74) is 0.415. The molecular formula is C14H26OS. The highest BCUT2D eigenvalue weighted by Crippen LogP contribution is 2.38. The first kappa shape index (κ1) is 12.8. The van der Waals surface area contributed by atoms with Crippen LogP contribution in [-0.2, 0) is 4.74 Å². The zero-order valence-electron chi connectivity index (χ0n) is 10.4. The third-order valence-electron chi connectivity index (χ3n) is 4.43. The van der Waals surface area contributed by atoms with Gasteiger partial charge in [0.1, 0.15) is 0 Å². The first-order valence-electron chi connectivity index (χ1n) is 7.07. The van der Waals surface area contributed by atoms with Gasteiger partial charge in [0.25, 0.3) is 0 Å². The van der Waals surface area contributed by atoms with Gasteiger partial charge in [-0.25, -0.2) is 0 Å². The monoisotopic (exact) mass is 242 g/mol. The smallest absolute Gasteiger partial charge is 0.0575 e. The van der Waals surface area contributed by atoms with Crippen molar-refractivity contribution < 1.29 is 4.74 Å². The first-order valence-corrected chi connectivity index (χ1v) is 7.70. The molecule has 0 aromatic carbocycles. The molecule has 0 N–H and O–H groups in total. The van der Waals surface area contributed by atoms with Gasteiger partial charge in [-0.1, -0.05) is 38.5 Å². The standard InChI is InChI=1S/C14H26OS/c16-12-14(9-5-2-6-10-14)11-15-13-7-3-1-4-8-13/h13,16H,1-12H2. The minimum Gasteiger partial charge on any atom is -0.378 e. The van der Waals surface area contributed by atoms with E-state index < -0.39 is 0 Å². The summed E-state index contributed by atoms with van der Waals surface area (Å²) in [4.78, 5) is 0. The lowest BCUT2D eigenvalue weighted by atomic mass is 9.76. The third-order valence-corrected chi connectivity index (χ3v) is 5.10. The van der Waals surface area contributed by atoms with Crippen molar-refractivity contribution in [2.75, 3.05) is 12.4 Å². The van der Waals surface area contributed by atoms with Crippen molar-refractivity contribution in [1.29, 1.82) is 0 Å².